The molecule has 1 aromatic carbocycles. The highest BCUT2D eigenvalue weighted by atomic mass is 79.9. The zero-order chi connectivity index (χ0) is 16.5. The first-order valence-electron chi connectivity index (χ1n) is 7.19. The lowest BCUT2D eigenvalue weighted by molar-refractivity contribution is -0.145. The van der Waals surface area contributed by atoms with Crippen molar-refractivity contribution < 1.29 is 14.3 Å². The number of carbonyl (C=O) groups excluding carboxylic acids is 2. The predicted molar refractivity (Wildman–Crippen MR) is 94.0 cm³/mol. The summed E-state index contributed by atoms with van der Waals surface area (Å²) in [5.74, 6) is -0.963. The van der Waals surface area contributed by atoms with Crippen LogP contribution in [0.4, 0.5) is 5.69 Å². The molecule has 1 heterocycles. The number of ether oxygens (including phenoxy) is 1. The third-order valence-electron chi connectivity index (χ3n) is 5.12. The van der Waals surface area contributed by atoms with E-state index in [1.54, 1.807) is 12.1 Å². The van der Waals surface area contributed by atoms with Crippen molar-refractivity contribution in [2.24, 2.45) is 23.7 Å². The SMILES string of the molecule is O=C(Nc1ccc(Br)c(Cl)c1Cl)[C@H]1[C@H]2C[C@H]3[C@H](OC(=O)[C@@H]31)[C@@H]2Br. The molecule has 0 aromatic heterocycles. The van der Waals surface area contributed by atoms with E-state index in [0.717, 1.165) is 6.42 Å². The summed E-state index contributed by atoms with van der Waals surface area (Å²) in [4.78, 5) is 24.9. The summed E-state index contributed by atoms with van der Waals surface area (Å²) in [5, 5.41) is 3.45. The molecule has 1 aliphatic heterocycles. The molecule has 3 fully saturated rings. The lowest BCUT2D eigenvalue weighted by Crippen LogP contribution is -2.40. The van der Waals surface area contributed by atoms with Gasteiger partial charge in [0.15, 0.2) is 0 Å². The van der Waals surface area contributed by atoms with E-state index in [2.05, 4.69) is 37.2 Å². The normalized spacial score (nSPS) is 37.1. The Morgan fingerprint density at radius 3 is 2.74 bits per heavy atom. The first-order chi connectivity index (χ1) is 10.9. The van der Waals surface area contributed by atoms with Crippen LogP contribution in [0.1, 0.15) is 6.42 Å². The maximum Gasteiger partial charge on any atom is 0.310 e. The Balaban J connectivity index is 1.61. The van der Waals surface area contributed by atoms with Gasteiger partial charge in [-0.25, -0.2) is 0 Å². The average molecular weight is 484 g/mol. The van der Waals surface area contributed by atoms with E-state index >= 15 is 0 Å². The van der Waals surface area contributed by atoms with E-state index in [9.17, 15) is 9.59 Å². The standard InChI is InChI=1S/C15H11Br2Cl2NO3/c16-6-1-2-7(12(19)11(6)18)20-14(21)8-4-3-5-9(8)15(22)23-13(5)10(4)17/h1-2,4-5,8-10,13H,3H2,(H,20,21)/t4-,5-,8+,9+,10-,13+/m1/s1. The number of fused-ring (bicyclic) bond motifs is 1. The molecule has 1 saturated heterocycles. The summed E-state index contributed by atoms with van der Waals surface area (Å²) < 4.78 is 6.08. The predicted octanol–water partition coefficient (Wildman–Crippen LogP) is 4.27. The number of benzene rings is 1. The molecular weight excluding hydrogens is 473 g/mol. The van der Waals surface area contributed by atoms with Gasteiger partial charge in [-0.2, -0.15) is 0 Å². The quantitative estimate of drug-likeness (QED) is 0.388. The maximum atomic E-state index is 12.8. The van der Waals surface area contributed by atoms with Gasteiger partial charge in [0, 0.05) is 10.4 Å². The Morgan fingerprint density at radius 2 is 2.00 bits per heavy atom. The first-order valence-corrected chi connectivity index (χ1v) is 9.65. The van der Waals surface area contributed by atoms with Gasteiger partial charge in [-0.15, -0.1) is 0 Å². The maximum absolute atomic E-state index is 12.8. The number of carbonyl (C=O) groups is 2. The van der Waals surface area contributed by atoms with Crippen LogP contribution in [0.15, 0.2) is 16.6 Å². The van der Waals surface area contributed by atoms with Gasteiger partial charge in [0.25, 0.3) is 0 Å². The second-order valence-electron chi connectivity index (χ2n) is 6.17. The van der Waals surface area contributed by atoms with Gasteiger partial charge in [0.1, 0.15) is 6.10 Å². The highest BCUT2D eigenvalue weighted by Crippen LogP contribution is 2.60. The van der Waals surface area contributed by atoms with Crippen molar-refractivity contribution in [3.05, 3.63) is 26.7 Å². The first kappa shape index (κ1) is 16.2. The number of alkyl halides is 1. The van der Waals surface area contributed by atoms with E-state index in [1.165, 1.54) is 0 Å². The Hall–Kier alpha value is -0.300. The van der Waals surface area contributed by atoms with Gasteiger partial charge < -0.3 is 10.1 Å². The van der Waals surface area contributed by atoms with Crippen molar-refractivity contribution in [1.29, 1.82) is 0 Å². The Bertz CT molecular complexity index is 729. The highest BCUT2D eigenvalue weighted by molar-refractivity contribution is 9.10. The molecule has 8 heteroatoms. The Kier molecular flexibility index (Phi) is 3.95. The fraction of sp³-hybridized carbons (Fsp3) is 0.467. The van der Waals surface area contributed by atoms with E-state index in [-0.39, 0.29) is 45.6 Å². The van der Waals surface area contributed by atoms with E-state index in [0.29, 0.717) is 15.2 Å². The van der Waals surface area contributed by atoms with Crippen LogP contribution in [0.25, 0.3) is 0 Å². The number of hydrogen-bond acceptors (Lipinski definition) is 3. The minimum Gasteiger partial charge on any atom is -0.461 e. The van der Waals surface area contributed by atoms with Gasteiger partial charge in [-0.1, -0.05) is 39.1 Å². The van der Waals surface area contributed by atoms with Crippen LogP contribution in [0.3, 0.4) is 0 Å². The molecule has 6 atom stereocenters. The molecule has 3 aliphatic rings. The third kappa shape index (κ3) is 2.29. The zero-order valence-electron chi connectivity index (χ0n) is 11.6. The number of nitrogens with one attached hydrogen (secondary N) is 1. The lowest BCUT2D eigenvalue weighted by atomic mass is 9.79. The number of amides is 1. The fourth-order valence-electron chi connectivity index (χ4n) is 4.17. The van der Waals surface area contributed by atoms with Crippen molar-refractivity contribution in [2.75, 3.05) is 5.32 Å². The van der Waals surface area contributed by atoms with Crippen LogP contribution < -0.4 is 5.32 Å². The minimum atomic E-state index is -0.394. The summed E-state index contributed by atoms with van der Waals surface area (Å²) in [6.07, 6.45) is 0.747. The molecule has 4 rings (SSSR count). The Labute approximate surface area is 159 Å². The summed E-state index contributed by atoms with van der Waals surface area (Å²) in [6, 6.07) is 3.41. The molecule has 0 spiro atoms. The Morgan fingerprint density at radius 1 is 1.26 bits per heavy atom. The van der Waals surface area contributed by atoms with Gasteiger partial charge in [0.2, 0.25) is 5.91 Å². The number of esters is 1. The van der Waals surface area contributed by atoms with Crippen molar-refractivity contribution in [3.8, 4) is 0 Å². The molecule has 1 amide bonds. The van der Waals surface area contributed by atoms with Crippen molar-refractivity contribution in [1.82, 2.24) is 0 Å². The fourth-order valence-corrected chi connectivity index (χ4v) is 6.03. The van der Waals surface area contributed by atoms with E-state index in [1.807, 2.05) is 0 Å². The second-order valence-corrected chi connectivity index (χ2v) is 8.84. The number of halogens is 4. The topological polar surface area (TPSA) is 55.4 Å². The zero-order valence-corrected chi connectivity index (χ0v) is 16.2. The second kappa shape index (κ2) is 5.61. The smallest absolute Gasteiger partial charge is 0.310 e. The molecule has 1 aromatic rings. The monoisotopic (exact) mass is 481 g/mol. The van der Waals surface area contributed by atoms with Crippen LogP contribution in [-0.2, 0) is 14.3 Å². The molecule has 122 valence electrons. The molecule has 1 N–H and O–H groups in total. The van der Waals surface area contributed by atoms with E-state index < -0.39 is 5.92 Å². The molecule has 23 heavy (non-hydrogen) atoms. The van der Waals surface area contributed by atoms with Crippen LogP contribution in [0, 0.1) is 23.7 Å². The average Bonchev–Trinajstić information content (AvgIpc) is 3.12. The molecule has 2 bridgehead atoms. The number of rotatable bonds is 2. The number of hydrogen-bond donors (Lipinski definition) is 1. The molecule has 0 radical (unpaired) electrons. The van der Waals surface area contributed by atoms with Crippen molar-refractivity contribution in [3.63, 3.8) is 0 Å². The summed E-state index contributed by atoms with van der Waals surface area (Å²) in [5.41, 5.74) is 0.446. The highest BCUT2D eigenvalue weighted by Gasteiger charge is 2.67. The van der Waals surface area contributed by atoms with Gasteiger partial charge in [-0.3, -0.25) is 9.59 Å². The summed E-state index contributed by atoms with van der Waals surface area (Å²) >= 11 is 19.2. The molecule has 2 aliphatic carbocycles. The van der Waals surface area contributed by atoms with Gasteiger partial charge in [0.05, 0.1) is 32.4 Å². The van der Waals surface area contributed by atoms with Crippen LogP contribution in [-0.4, -0.2) is 22.8 Å². The largest absolute Gasteiger partial charge is 0.461 e. The molecule has 2 saturated carbocycles. The van der Waals surface area contributed by atoms with Crippen LogP contribution in [0.2, 0.25) is 10.0 Å². The van der Waals surface area contributed by atoms with Crippen LogP contribution in [0.5, 0.6) is 0 Å². The molecular formula is C15H11Br2Cl2NO3. The van der Waals surface area contributed by atoms with Gasteiger partial charge >= 0.3 is 5.97 Å². The third-order valence-corrected chi connectivity index (χ3v) is 8.09. The summed E-state index contributed by atoms with van der Waals surface area (Å²) in [6.45, 7) is 0. The molecule has 0 unspecified atom stereocenters. The van der Waals surface area contributed by atoms with E-state index in [4.69, 9.17) is 27.9 Å². The minimum absolute atomic E-state index is 0.0370. The van der Waals surface area contributed by atoms with Crippen molar-refractivity contribution in [2.45, 2.75) is 17.4 Å². The molecule has 4 nitrogen and oxygen atoms in total. The lowest BCUT2D eigenvalue weighted by Gasteiger charge is -2.27. The number of anilines is 1. The van der Waals surface area contributed by atoms with Crippen LogP contribution >= 0.6 is 55.1 Å². The summed E-state index contributed by atoms with van der Waals surface area (Å²) in [7, 11) is 0. The van der Waals surface area contributed by atoms with Gasteiger partial charge in [-0.05, 0) is 40.4 Å². The van der Waals surface area contributed by atoms with Crippen molar-refractivity contribution >= 4 is 72.6 Å².